The van der Waals surface area contributed by atoms with Gasteiger partial charge in [-0.1, -0.05) is 0 Å². The first-order valence-corrected chi connectivity index (χ1v) is 4.64. The van der Waals surface area contributed by atoms with Crippen LogP contribution in [-0.2, 0) is 14.3 Å². The third-order valence-electron chi connectivity index (χ3n) is 1.55. The van der Waals surface area contributed by atoms with E-state index < -0.39 is 11.2 Å². The molecule has 0 aliphatic heterocycles. The third-order valence-corrected chi connectivity index (χ3v) is 1.55. The van der Waals surface area contributed by atoms with Gasteiger partial charge in [0.1, 0.15) is 5.60 Å². The Labute approximate surface area is 86.1 Å². The summed E-state index contributed by atoms with van der Waals surface area (Å²) >= 11 is 0. The molecule has 0 aliphatic carbocycles. The van der Waals surface area contributed by atoms with Gasteiger partial charge in [0.25, 0.3) is 0 Å². The molecule has 0 spiro atoms. The Morgan fingerprint density at radius 1 is 1.14 bits per heavy atom. The molecule has 0 saturated carbocycles. The van der Waals surface area contributed by atoms with Crippen molar-refractivity contribution in [1.29, 1.82) is 0 Å². The zero-order chi connectivity index (χ0) is 11.4. The van der Waals surface area contributed by atoms with Crippen LogP contribution in [0.5, 0.6) is 0 Å². The van der Waals surface area contributed by atoms with Gasteiger partial charge in [0.15, 0.2) is 0 Å². The molecule has 82 valence electrons. The minimum absolute atomic E-state index is 0.345. The summed E-state index contributed by atoms with van der Waals surface area (Å²) in [5, 5.41) is 0. The highest BCUT2D eigenvalue weighted by molar-refractivity contribution is 5.82. The Kier molecular flexibility index (Phi) is 4.33. The molecule has 3 heteroatoms. The molecule has 0 aromatic heterocycles. The van der Waals surface area contributed by atoms with Gasteiger partial charge in [0, 0.05) is 13.2 Å². The molecular weight excluding hydrogens is 180 g/mol. The summed E-state index contributed by atoms with van der Waals surface area (Å²) in [4.78, 5) is 11.3. The van der Waals surface area contributed by atoms with Crippen LogP contribution in [-0.4, -0.2) is 24.3 Å². The topological polar surface area (TPSA) is 35.5 Å². The first-order valence-electron chi connectivity index (χ1n) is 4.64. The summed E-state index contributed by atoms with van der Waals surface area (Å²) in [7, 11) is 1.60. The van der Waals surface area contributed by atoms with E-state index in [1.807, 2.05) is 34.6 Å². The molecule has 0 N–H and O–H groups in total. The zero-order valence-electron chi connectivity index (χ0n) is 9.88. The second-order valence-electron chi connectivity index (χ2n) is 4.67. The SMILES string of the molecule is COC(C)(C)/C=C/C(=O)OC(C)(C)C. The van der Waals surface area contributed by atoms with E-state index in [4.69, 9.17) is 9.47 Å². The number of hydrogen-bond donors (Lipinski definition) is 0. The van der Waals surface area contributed by atoms with Gasteiger partial charge in [-0.2, -0.15) is 0 Å². The second-order valence-corrected chi connectivity index (χ2v) is 4.67. The number of hydrogen-bond acceptors (Lipinski definition) is 3. The Balaban J connectivity index is 4.20. The van der Waals surface area contributed by atoms with Crippen molar-refractivity contribution in [2.45, 2.75) is 45.8 Å². The van der Waals surface area contributed by atoms with Crippen LogP contribution in [0.1, 0.15) is 34.6 Å². The van der Waals surface area contributed by atoms with Crippen LogP contribution in [0.25, 0.3) is 0 Å². The molecule has 14 heavy (non-hydrogen) atoms. The highest BCUT2D eigenvalue weighted by Gasteiger charge is 2.16. The Morgan fingerprint density at radius 2 is 1.64 bits per heavy atom. The van der Waals surface area contributed by atoms with Crippen molar-refractivity contribution in [3.8, 4) is 0 Å². The van der Waals surface area contributed by atoms with Gasteiger partial charge < -0.3 is 9.47 Å². The van der Waals surface area contributed by atoms with Crippen molar-refractivity contribution in [3.63, 3.8) is 0 Å². The van der Waals surface area contributed by atoms with Gasteiger partial charge in [0.05, 0.1) is 5.60 Å². The fourth-order valence-electron chi connectivity index (χ4n) is 0.673. The summed E-state index contributed by atoms with van der Waals surface area (Å²) < 4.78 is 10.2. The summed E-state index contributed by atoms with van der Waals surface area (Å²) in [6, 6.07) is 0. The number of carbonyl (C=O) groups excluding carboxylic acids is 1. The molecule has 0 unspecified atom stereocenters. The standard InChI is InChI=1S/C11H20O3/c1-10(2,3)14-9(12)7-8-11(4,5)13-6/h7-8H,1-6H3/b8-7+. The Bertz CT molecular complexity index is 221. The van der Waals surface area contributed by atoms with Crippen LogP contribution in [0.4, 0.5) is 0 Å². The van der Waals surface area contributed by atoms with Crippen LogP contribution in [0.2, 0.25) is 0 Å². The maximum Gasteiger partial charge on any atom is 0.331 e. The van der Waals surface area contributed by atoms with Gasteiger partial charge >= 0.3 is 5.97 Å². The molecule has 0 heterocycles. The minimum Gasteiger partial charge on any atom is -0.457 e. The largest absolute Gasteiger partial charge is 0.457 e. The molecule has 0 aromatic rings. The maximum absolute atomic E-state index is 11.3. The summed E-state index contributed by atoms with van der Waals surface area (Å²) in [6.45, 7) is 9.24. The summed E-state index contributed by atoms with van der Waals surface area (Å²) in [5.41, 5.74) is -0.879. The fraction of sp³-hybridized carbons (Fsp3) is 0.727. The van der Waals surface area contributed by atoms with Gasteiger partial charge in [0.2, 0.25) is 0 Å². The maximum atomic E-state index is 11.3. The Hall–Kier alpha value is -0.830. The predicted octanol–water partition coefficient (Wildman–Crippen LogP) is 2.31. The van der Waals surface area contributed by atoms with Crippen molar-refractivity contribution < 1.29 is 14.3 Å². The molecule has 0 bridgehead atoms. The lowest BCUT2D eigenvalue weighted by molar-refractivity contribution is -0.148. The van der Waals surface area contributed by atoms with E-state index in [2.05, 4.69) is 0 Å². The van der Waals surface area contributed by atoms with Crippen molar-refractivity contribution in [3.05, 3.63) is 12.2 Å². The smallest absolute Gasteiger partial charge is 0.331 e. The molecule has 0 aromatic carbocycles. The van der Waals surface area contributed by atoms with E-state index in [9.17, 15) is 4.79 Å². The lowest BCUT2D eigenvalue weighted by atomic mass is 10.1. The molecule has 3 nitrogen and oxygen atoms in total. The molecule has 0 saturated heterocycles. The van der Waals surface area contributed by atoms with Gasteiger partial charge in [-0.25, -0.2) is 4.79 Å². The predicted molar refractivity (Wildman–Crippen MR) is 56.1 cm³/mol. The van der Waals surface area contributed by atoms with Crippen LogP contribution >= 0.6 is 0 Å². The van der Waals surface area contributed by atoms with Gasteiger partial charge in [-0.15, -0.1) is 0 Å². The lowest BCUT2D eigenvalue weighted by Crippen LogP contribution is -2.24. The van der Waals surface area contributed by atoms with Crippen LogP contribution in [0.15, 0.2) is 12.2 Å². The minimum atomic E-state index is -0.446. The molecule has 0 atom stereocenters. The normalized spacial score (nSPS) is 13.3. The number of carbonyl (C=O) groups is 1. The molecule has 0 rings (SSSR count). The molecule has 0 amide bonds. The molecule has 0 aliphatic rings. The molecule has 0 radical (unpaired) electrons. The monoisotopic (exact) mass is 200 g/mol. The van der Waals surface area contributed by atoms with Crippen molar-refractivity contribution in [1.82, 2.24) is 0 Å². The number of ether oxygens (including phenoxy) is 2. The van der Waals surface area contributed by atoms with Crippen LogP contribution < -0.4 is 0 Å². The van der Waals surface area contributed by atoms with E-state index in [1.165, 1.54) is 6.08 Å². The highest BCUT2D eigenvalue weighted by Crippen LogP contribution is 2.11. The second kappa shape index (κ2) is 4.60. The van der Waals surface area contributed by atoms with Crippen LogP contribution in [0, 0.1) is 0 Å². The average molecular weight is 200 g/mol. The Morgan fingerprint density at radius 3 is 2.00 bits per heavy atom. The van der Waals surface area contributed by atoms with Gasteiger partial charge in [-0.05, 0) is 40.7 Å². The van der Waals surface area contributed by atoms with Crippen molar-refractivity contribution in [2.75, 3.05) is 7.11 Å². The first-order chi connectivity index (χ1) is 6.16. The number of esters is 1. The lowest BCUT2D eigenvalue weighted by Gasteiger charge is -2.20. The van der Waals surface area contributed by atoms with Crippen molar-refractivity contribution >= 4 is 5.97 Å². The average Bonchev–Trinajstić information content (AvgIpc) is 1.98. The first kappa shape index (κ1) is 13.2. The number of rotatable bonds is 3. The van der Waals surface area contributed by atoms with Crippen molar-refractivity contribution in [2.24, 2.45) is 0 Å². The van der Waals surface area contributed by atoms with E-state index >= 15 is 0 Å². The fourth-order valence-corrected chi connectivity index (χ4v) is 0.673. The van der Waals surface area contributed by atoms with E-state index in [1.54, 1.807) is 13.2 Å². The third kappa shape index (κ3) is 6.66. The molecular formula is C11H20O3. The summed E-state index contributed by atoms with van der Waals surface area (Å²) in [5.74, 6) is -0.345. The zero-order valence-corrected chi connectivity index (χ0v) is 9.88. The highest BCUT2D eigenvalue weighted by atomic mass is 16.6. The number of methoxy groups -OCH3 is 1. The van der Waals surface area contributed by atoms with E-state index in [0.717, 1.165) is 0 Å². The van der Waals surface area contributed by atoms with Crippen LogP contribution in [0.3, 0.4) is 0 Å². The van der Waals surface area contributed by atoms with E-state index in [-0.39, 0.29) is 5.97 Å². The summed E-state index contributed by atoms with van der Waals surface area (Å²) in [6.07, 6.45) is 3.08. The van der Waals surface area contributed by atoms with E-state index in [0.29, 0.717) is 0 Å². The quantitative estimate of drug-likeness (QED) is 0.518. The van der Waals surface area contributed by atoms with Gasteiger partial charge in [-0.3, -0.25) is 0 Å². The molecule has 0 fully saturated rings.